The van der Waals surface area contributed by atoms with Gasteiger partial charge in [0.25, 0.3) is 0 Å². The van der Waals surface area contributed by atoms with Crippen LogP contribution >= 0.6 is 11.8 Å². The summed E-state index contributed by atoms with van der Waals surface area (Å²) >= 11 is 1.62. The van der Waals surface area contributed by atoms with E-state index in [1.54, 1.807) is 11.8 Å². The molecule has 2 atom stereocenters. The van der Waals surface area contributed by atoms with Gasteiger partial charge in [0, 0.05) is 10.8 Å². The van der Waals surface area contributed by atoms with E-state index in [0.29, 0.717) is 24.8 Å². The number of carbonyl (C=O) groups excluding carboxylic acids is 1. The number of hydrogen-bond donors (Lipinski definition) is 0. The van der Waals surface area contributed by atoms with Crippen molar-refractivity contribution in [2.75, 3.05) is 6.61 Å². The Labute approximate surface area is 134 Å². The average Bonchev–Trinajstić information content (AvgIpc) is 2.98. The average molecular weight is 320 g/mol. The molecule has 0 unspecified atom stereocenters. The fourth-order valence-corrected chi connectivity index (χ4v) is 3.15. The van der Waals surface area contributed by atoms with E-state index >= 15 is 0 Å². The number of aromatic nitrogens is 2. The Kier molecular flexibility index (Phi) is 6.00. The van der Waals surface area contributed by atoms with Crippen molar-refractivity contribution in [3.05, 3.63) is 36.2 Å². The Morgan fingerprint density at radius 3 is 2.68 bits per heavy atom. The van der Waals surface area contributed by atoms with Gasteiger partial charge in [-0.25, -0.2) is 0 Å². The molecule has 2 aromatic rings. The zero-order valence-corrected chi connectivity index (χ0v) is 13.8. The molecule has 0 amide bonds. The minimum atomic E-state index is -0.176. The fraction of sp³-hybridized carbons (Fsp3) is 0.438. The van der Waals surface area contributed by atoms with Crippen LogP contribution in [0.3, 0.4) is 0 Å². The van der Waals surface area contributed by atoms with E-state index in [1.807, 2.05) is 51.1 Å². The molecule has 0 fully saturated rings. The second-order valence-corrected chi connectivity index (χ2v) is 6.69. The summed E-state index contributed by atoms with van der Waals surface area (Å²) in [6.45, 7) is 6.21. The molecule has 0 radical (unpaired) electrons. The van der Waals surface area contributed by atoms with Crippen molar-refractivity contribution in [2.24, 2.45) is 0 Å². The van der Waals surface area contributed by atoms with Crippen molar-refractivity contribution in [3.8, 4) is 11.5 Å². The van der Waals surface area contributed by atoms with Gasteiger partial charge in [-0.2, -0.15) is 0 Å². The summed E-state index contributed by atoms with van der Waals surface area (Å²) in [7, 11) is 0. The molecule has 118 valence electrons. The van der Waals surface area contributed by atoms with Gasteiger partial charge in [-0.3, -0.25) is 4.79 Å². The van der Waals surface area contributed by atoms with E-state index in [2.05, 4.69) is 10.2 Å². The summed E-state index contributed by atoms with van der Waals surface area (Å²) in [6.07, 6.45) is 0.378. The Morgan fingerprint density at radius 1 is 1.27 bits per heavy atom. The van der Waals surface area contributed by atoms with Gasteiger partial charge in [-0.1, -0.05) is 25.1 Å². The quantitative estimate of drug-likeness (QED) is 0.721. The van der Waals surface area contributed by atoms with Gasteiger partial charge in [0.15, 0.2) is 0 Å². The normalized spacial score (nSPS) is 13.6. The van der Waals surface area contributed by atoms with Crippen LogP contribution in [0.15, 0.2) is 34.7 Å². The third-order valence-electron chi connectivity index (χ3n) is 3.01. The van der Waals surface area contributed by atoms with Crippen LogP contribution in [-0.2, 0) is 9.53 Å². The third kappa shape index (κ3) is 4.59. The molecule has 2 rings (SSSR count). The third-order valence-corrected chi connectivity index (χ3v) is 4.25. The first-order valence-corrected chi connectivity index (χ1v) is 8.24. The molecule has 0 saturated carbocycles. The van der Waals surface area contributed by atoms with Gasteiger partial charge in [-0.15, -0.1) is 22.0 Å². The van der Waals surface area contributed by atoms with Crippen molar-refractivity contribution in [1.82, 2.24) is 10.2 Å². The fourth-order valence-electron chi connectivity index (χ4n) is 2.01. The standard InChI is InChI=1S/C16H20N2O3S/c1-4-20-14(19)10-11(2)22-12(3)15-17-18-16(21-15)13-8-6-5-7-9-13/h5-9,11-12H,4,10H2,1-3H3/t11-,12-/m1/s1. The Morgan fingerprint density at radius 2 is 2.00 bits per heavy atom. The van der Waals surface area contributed by atoms with Gasteiger partial charge in [0.1, 0.15) is 0 Å². The molecule has 1 aromatic heterocycles. The second kappa shape index (κ2) is 7.98. The van der Waals surface area contributed by atoms with Crippen LogP contribution in [0.25, 0.3) is 11.5 Å². The van der Waals surface area contributed by atoms with Gasteiger partial charge in [0.05, 0.1) is 18.3 Å². The van der Waals surface area contributed by atoms with E-state index in [1.165, 1.54) is 0 Å². The smallest absolute Gasteiger partial charge is 0.306 e. The molecule has 0 bridgehead atoms. The van der Waals surface area contributed by atoms with Crippen LogP contribution in [0, 0.1) is 0 Å². The first-order chi connectivity index (χ1) is 10.6. The lowest BCUT2D eigenvalue weighted by Crippen LogP contribution is -2.11. The molecule has 0 saturated heterocycles. The van der Waals surface area contributed by atoms with E-state index in [0.717, 1.165) is 5.56 Å². The summed E-state index contributed by atoms with van der Waals surface area (Å²) in [5, 5.41) is 8.34. The highest BCUT2D eigenvalue weighted by Gasteiger charge is 2.20. The molecule has 0 aliphatic carbocycles. The number of esters is 1. The van der Waals surface area contributed by atoms with Crippen molar-refractivity contribution in [1.29, 1.82) is 0 Å². The number of thioether (sulfide) groups is 1. The van der Waals surface area contributed by atoms with Crippen LogP contribution < -0.4 is 0 Å². The molecule has 0 spiro atoms. The van der Waals surface area contributed by atoms with Crippen LogP contribution in [0.2, 0.25) is 0 Å². The minimum Gasteiger partial charge on any atom is -0.466 e. The van der Waals surface area contributed by atoms with Crippen molar-refractivity contribution in [2.45, 2.75) is 37.7 Å². The zero-order chi connectivity index (χ0) is 15.9. The highest BCUT2D eigenvalue weighted by molar-refractivity contribution is 8.00. The molecule has 1 heterocycles. The Bertz CT molecular complexity index is 600. The van der Waals surface area contributed by atoms with Crippen LogP contribution in [0.4, 0.5) is 0 Å². The van der Waals surface area contributed by atoms with Crippen molar-refractivity contribution in [3.63, 3.8) is 0 Å². The Balaban J connectivity index is 1.94. The summed E-state index contributed by atoms with van der Waals surface area (Å²) < 4.78 is 10.7. The number of hydrogen-bond acceptors (Lipinski definition) is 6. The van der Waals surface area contributed by atoms with Gasteiger partial charge in [-0.05, 0) is 26.0 Å². The lowest BCUT2D eigenvalue weighted by Gasteiger charge is -2.13. The largest absolute Gasteiger partial charge is 0.466 e. The minimum absolute atomic E-state index is 0.0226. The van der Waals surface area contributed by atoms with E-state index in [4.69, 9.17) is 9.15 Å². The predicted molar refractivity (Wildman–Crippen MR) is 86.5 cm³/mol. The number of rotatable bonds is 7. The van der Waals surface area contributed by atoms with E-state index in [-0.39, 0.29) is 16.5 Å². The van der Waals surface area contributed by atoms with Gasteiger partial charge >= 0.3 is 5.97 Å². The van der Waals surface area contributed by atoms with Gasteiger partial charge in [0.2, 0.25) is 11.8 Å². The van der Waals surface area contributed by atoms with Crippen LogP contribution in [0.5, 0.6) is 0 Å². The molecular weight excluding hydrogens is 300 g/mol. The molecular formula is C16H20N2O3S. The lowest BCUT2D eigenvalue weighted by molar-refractivity contribution is -0.142. The molecule has 0 aliphatic heterocycles. The molecule has 5 nitrogen and oxygen atoms in total. The number of nitrogens with zero attached hydrogens (tertiary/aromatic N) is 2. The van der Waals surface area contributed by atoms with Crippen molar-refractivity contribution >= 4 is 17.7 Å². The maximum absolute atomic E-state index is 11.5. The van der Waals surface area contributed by atoms with Crippen LogP contribution in [-0.4, -0.2) is 28.0 Å². The SMILES string of the molecule is CCOC(=O)C[C@@H](C)S[C@H](C)c1nnc(-c2ccccc2)o1. The molecule has 0 N–H and O–H groups in total. The second-order valence-electron chi connectivity index (χ2n) is 4.91. The molecule has 1 aromatic carbocycles. The highest BCUT2D eigenvalue weighted by Crippen LogP contribution is 2.33. The zero-order valence-electron chi connectivity index (χ0n) is 13.0. The summed E-state index contributed by atoms with van der Waals surface area (Å²) in [5.74, 6) is 0.908. The molecule has 0 aliphatic rings. The Hall–Kier alpha value is -1.82. The molecule has 6 heteroatoms. The van der Waals surface area contributed by atoms with Crippen molar-refractivity contribution < 1.29 is 13.9 Å². The maximum Gasteiger partial charge on any atom is 0.306 e. The lowest BCUT2D eigenvalue weighted by atomic mass is 10.2. The number of benzene rings is 1. The van der Waals surface area contributed by atoms with Crippen LogP contribution in [0.1, 0.15) is 38.3 Å². The predicted octanol–water partition coefficient (Wildman–Crippen LogP) is 3.87. The summed E-state index contributed by atoms with van der Waals surface area (Å²) in [5.41, 5.74) is 0.901. The summed E-state index contributed by atoms with van der Waals surface area (Å²) in [4.78, 5) is 11.5. The van der Waals surface area contributed by atoms with E-state index < -0.39 is 0 Å². The number of carbonyl (C=O) groups is 1. The highest BCUT2D eigenvalue weighted by atomic mass is 32.2. The maximum atomic E-state index is 11.5. The first-order valence-electron chi connectivity index (χ1n) is 7.30. The monoisotopic (exact) mass is 320 g/mol. The van der Waals surface area contributed by atoms with E-state index in [9.17, 15) is 4.79 Å². The number of ether oxygens (including phenoxy) is 1. The van der Waals surface area contributed by atoms with Gasteiger partial charge < -0.3 is 9.15 Å². The topological polar surface area (TPSA) is 65.2 Å². The first kappa shape index (κ1) is 16.5. The summed E-state index contributed by atoms with van der Waals surface area (Å²) in [6, 6.07) is 9.66. The molecule has 22 heavy (non-hydrogen) atoms.